The fourth-order valence-electron chi connectivity index (χ4n) is 0.375. The second-order valence-electron chi connectivity index (χ2n) is 1.36. The fourth-order valence-corrected chi connectivity index (χ4v) is 0.375. The highest BCUT2D eigenvalue weighted by Gasteiger charge is 1.91. The molecule has 8 heavy (non-hydrogen) atoms. The monoisotopic (exact) mass is 111 g/mol. The molecule has 1 N–H and O–H groups in total. The predicted molar refractivity (Wildman–Crippen MR) is 27.0 cm³/mol. The van der Waals surface area contributed by atoms with Crippen molar-refractivity contribution in [2.75, 3.05) is 0 Å². The van der Waals surface area contributed by atoms with Crippen LogP contribution in [0.3, 0.4) is 0 Å². The molecule has 0 atom stereocenters. The molecule has 0 spiro atoms. The van der Waals surface area contributed by atoms with Crippen LogP contribution < -0.4 is 5.73 Å². The summed E-state index contributed by atoms with van der Waals surface area (Å²) in [6.07, 6.45) is 2.40. The van der Waals surface area contributed by atoms with Crippen molar-refractivity contribution in [3.8, 4) is 0 Å². The first kappa shape index (κ1) is 5.03. The van der Waals surface area contributed by atoms with E-state index in [4.69, 9.17) is 5.73 Å². The van der Waals surface area contributed by atoms with Crippen LogP contribution in [0, 0.1) is 5.82 Å². The first-order chi connectivity index (χ1) is 3.80. The van der Waals surface area contributed by atoms with Crippen molar-refractivity contribution in [2.24, 2.45) is 0 Å². The van der Waals surface area contributed by atoms with Gasteiger partial charge >= 0.3 is 0 Å². The molecule has 3 heteroatoms. The van der Waals surface area contributed by atoms with Gasteiger partial charge in [-0.25, -0.2) is 4.39 Å². The summed E-state index contributed by atoms with van der Waals surface area (Å²) in [5.41, 5.74) is 6.69. The summed E-state index contributed by atoms with van der Waals surface area (Å²) >= 11 is 0. The van der Waals surface area contributed by atoms with Crippen molar-refractivity contribution in [1.29, 1.82) is 0 Å². The molecule has 0 fully saturated rings. The molecule has 1 aromatic heterocycles. The number of rotatable bonds is 0. The van der Waals surface area contributed by atoms with Gasteiger partial charge < -0.3 is 0 Å². The standard InChI is InChI=1S/C5H4FN2/c6-4-3-8-2-1-5(4)7/h1-3,7H. The van der Waals surface area contributed by atoms with Gasteiger partial charge in [-0.15, -0.1) is 0 Å². The molecule has 2 nitrogen and oxygen atoms in total. The molecule has 0 aliphatic carbocycles. The van der Waals surface area contributed by atoms with E-state index in [1.807, 2.05) is 0 Å². The zero-order valence-electron chi connectivity index (χ0n) is 4.06. The topological polar surface area (TPSA) is 36.7 Å². The van der Waals surface area contributed by atoms with E-state index in [9.17, 15) is 4.39 Å². The molecule has 0 aromatic carbocycles. The van der Waals surface area contributed by atoms with E-state index in [0.717, 1.165) is 6.20 Å². The molecule has 0 unspecified atom stereocenters. The number of pyridine rings is 1. The van der Waals surface area contributed by atoms with Gasteiger partial charge in [0.2, 0.25) is 0 Å². The van der Waals surface area contributed by atoms with Gasteiger partial charge in [0.15, 0.2) is 5.82 Å². The number of hydrogen-bond acceptors (Lipinski definition) is 1. The van der Waals surface area contributed by atoms with Gasteiger partial charge in [0.25, 0.3) is 0 Å². The van der Waals surface area contributed by atoms with Crippen LogP contribution in [0.15, 0.2) is 18.5 Å². The summed E-state index contributed by atoms with van der Waals surface area (Å²) in [7, 11) is 0. The molecule has 0 aliphatic heterocycles. The molecular formula is C5H4FN2. The normalized spacial score (nSPS) is 9.12. The van der Waals surface area contributed by atoms with Gasteiger partial charge in [-0.2, -0.15) is 0 Å². The molecule has 0 amide bonds. The Morgan fingerprint density at radius 2 is 2.38 bits per heavy atom. The number of hydrogen-bond donors (Lipinski definition) is 0. The number of nitrogens with one attached hydrogen (secondary N) is 1. The molecule has 1 radical (unpaired) electrons. The average molecular weight is 111 g/mol. The van der Waals surface area contributed by atoms with E-state index in [-0.39, 0.29) is 5.69 Å². The lowest BCUT2D eigenvalue weighted by Gasteiger charge is -1.87. The van der Waals surface area contributed by atoms with E-state index >= 15 is 0 Å². The Morgan fingerprint density at radius 3 is 2.75 bits per heavy atom. The second-order valence-corrected chi connectivity index (χ2v) is 1.36. The minimum Gasteiger partial charge on any atom is -0.298 e. The third-order valence-electron chi connectivity index (χ3n) is 0.772. The molecule has 0 aliphatic rings. The Morgan fingerprint density at radius 1 is 1.62 bits per heavy atom. The Balaban J connectivity index is 3.13. The van der Waals surface area contributed by atoms with E-state index < -0.39 is 5.82 Å². The highest BCUT2D eigenvalue weighted by molar-refractivity contribution is 5.31. The van der Waals surface area contributed by atoms with Crippen molar-refractivity contribution in [1.82, 2.24) is 10.7 Å². The van der Waals surface area contributed by atoms with Crippen LogP contribution in [-0.2, 0) is 0 Å². The van der Waals surface area contributed by atoms with Crippen molar-refractivity contribution >= 4 is 5.69 Å². The van der Waals surface area contributed by atoms with Crippen LogP contribution in [0.1, 0.15) is 0 Å². The van der Waals surface area contributed by atoms with E-state index in [2.05, 4.69) is 4.98 Å². The van der Waals surface area contributed by atoms with Gasteiger partial charge in [-0.3, -0.25) is 10.7 Å². The lowest BCUT2D eigenvalue weighted by molar-refractivity contribution is 0.622. The average Bonchev–Trinajstić information content (AvgIpc) is 1.77. The van der Waals surface area contributed by atoms with Crippen LogP contribution in [-0.4, -0.2) is 4.98 Å². The summed E-state index contributed by atoms with van der Waals surface area (Å²) in [5, 5.41) is 0. The zero-order chi connectivity index (χ0) is 5.98. The maximum atomic E-state index is 12.1. The summed E-state index contributed by atoms with van der Waals surface area (Å²) in [4.78, 5) is 3.45. The van der Waals surface area contributed by atoms with E-state index in [1.54, 1.807) is 0 Å². The molecule has 1 aromatic rings. The first-order valence-corrected chi connectivity index (χ1v) is 2.12. The molecular weight excluding hydrogens is 107 g/mol. The fraction of sp³-hybridized carbons (Fsp3) is 0. The quantitative estimate of drug-likeness (QED) is 0.494. The van der Waals surface area contributed by atoms with Crippen molar-refractivity contribution in [3.63, 3.8) is 0 Å². The second kappa shape index (κ2) is 1.78. The highest BCUT2D eigenvalue weighted by atomic mass is 19.1. The summed E-state index contributed by atoms with van der Waals surface area (Å²) in [6, 6.07) is 1.30. The van der Waals surface area contributed by atoms with Crippen LogP contribution in [0.5, 0.6) is 0 Å². The SMILES string of the molecule is [NH]c1ccncc1F. The molecule has 0 saturated heterocycles. The molecule has 1 rings (SSSR count). The van der Waals surface area contributed by atoms with Gasteiger partial charge in [-0.1, -0.05) is 0 Å². The van der Waals surface area contributed by atoms with Crippen molar-refractivity contribution < 1.29 is 4.39 Å². The smallest absolute Gasteiger partial charge is 0.166 e. The van der Waals surface area contributed by atoms with Crippen molar-refractivity contribution in [2.45, 2.75) is 0 Å². The van der Waals surface area contributed by atoms with Gasteiger partial charge in [0.05, 0.1) is 11.9 Å². The number of aromatic nitrogens is 1. The Labute approximate surface area is 46.2 Å². The van der Waals surface area contributed by atoms with E-state index in [1.165, 1.54) is 12.3 Å². The lowest BCUT2D eigenvalue weighted by atomic mass is 10.4. The largest absolute Gasteiger partial charge is 0.298 e. The summed E-state index contributed by atoms with van der Waals surface area (Å²) in [6.45, 7) is 0. The predicted octanol–water partition coefficient (Wildman–Crippen LogP) is 1.14. The van der Waals surface area contributed by atoms with Gasteiger partial charge in [0.1, 0.15) is 0 Å². The third-order valence-corrected chi connectivity index (χ3v) is 0.772. The third kappa shape index (κ3) is 0.753. The van der Waals surface area contributed by atoms with E-state index in [0.29, 0.717) is 0 Å². The van der Waals surface area contributed by atoms with Gasteiger partial charge in [-0.05, 0) is 6.07 Å². The van der Waals surface area contributed by atoms with Crippen LogP contribution >= 0.6 is 0 Å². The maximum Gasteiger partial charge on any atom is 0.166 e. The Bertz CT molecular complexity index is 167. The summed E-state index contributed by atoms with van der Waals surface area (Å²) < 4.78 is 12.1. The van der Waals surface area contributed by atoms with Crippen LogP contribution in [0.25, 0.3) is 0 Å². The zero-order valence-corrected chi connectivity index (χ0v) is 4.06. The summed E-state index contributed by atoms with van der Waals surface area (Å²) in [5.74, 6) is -0.576. The van der Waals surface area contributed by atoms with Gasteiger partial charge in [0, 0.05) is 6.20 Å². The highest BCUT2D eigenvalue weighted by Crippen LogP contribution is 2.05. The van der Waals surface area contributed by atoms with Crippen LogP contribution in [0.2, 0.25) is 0 Å². The Kier molecular flexibility index (Phi) is 1.12. The maximum absolute atomic E-state index is 12.1. The van der Waals surface area contributed by atoms with Crippen LogP contribution in [0.4, 0.5) is 10.1 Å². The first-order valence-electron chi connectivity index (χ1n) is 2.12. The number of nitrogens with zero attached hydrogens (tertiary/aromatic N) is 1. The molecule has 0 bridgehead atoms. The molecule has 0 saturated carbocycles. The lowest BCUT2D eigenvalue weighted by Crippen LogP contribution is -1.78. The Hall–Kier alpha value is -1.12. The number of halogens is 1. The molecule has 41 valence electrons. The van der Waals surface area contributed by atoms with Crippen molar-refractivity contribution in [3.05, 3.63) is 24.3 Å². The minimum absolute atomic E-state index is 0.111. The minimum atomic E-state index is -0.576. The molecule has 1 heterocycles.